The van der Waals surface area contributed by atoms with Gasteiger partial charge in [-0.15, -0.1) is 0 Å². The van der Waals surface area contributed by atoms with Crippen LogP contribution in [0, 0.1) is 5.41 Å². The van der Waals surface area contributed by atoms with Gasteiger partial charge in [-0.3, -0.25) is 0 Å². The van der Waals surface area contributed by atoms with Crippen molar-refractivity contribution in [2.45, 2.75) is 65.0 Å². The summed E-state index contributed by atoms with van der Waals surface area (Å²) in [7, 11) is 0. The van der Waals surface area contributed by atoms with Gasteiger partial charge in [0.2, 0.25) is 0 Å². The molecule has 1 aromatic rings. The average Bonchev–Trinajstić information content (AvgIpc) is 2.38. The van der Waals surface area contributed by atoms with Crippen LogP contribution in [0.15, 0.2) is 24.3 Å². The van der Waals surface area contributed by atoms with Crippen LogP contribution in [-0.2, 0) is 0 Å². The Bertz CT molecular complexity index is 396. The van der Waals surface area contributed by atoms with E-state index in [1.54, 1.807) is 0 Å². The van der Waals surface area contributed by atoms with Gasteiger partial charge in [-0.1, -0.05) is 57.3 Å². The largest absolute Gasteiger partial charge is 0.307 e. The maximum Gasteiger partial charge on any atom is 0.0406 e. The normalized spacial score (nSPS) is 24.1. The molecule has 2 heteroatoms. The molecule has 1 N–H and O–H groups in total. The van der Waals surface area contributed by atoms with Gasteiger partial charge in [-0.05, 0) is 42.4 Å². The van der Waals surface area contributed by atoms with Gasteiger partial charge in [0.25, 0.3) is 0 Å². The molecule has 1 nitrogen and oxygen atoms in total. The highest BCUT2D eigenvalue weighted by Crippen LogP contribution is 2.37. The first-order valence-electron chi connectivity index (χ1n) is 7.54. The number of halogens is 1. The van der Waals surface area contributed by atoms with Crippen LogP contribution >= 0.6 is 11.6 Å². The molecule has 0 saturated heterocycles. The second-order valence-electron chi connectivity index (χ2n) is 6.47. The summed E-state index contributed by atoms with van der Waals surface area (Å²) in [6, 6.07) is 9.36. The first-order valence-corrected chi connectivity index (χ1v) is 7.92. The summed E-state index contributed by atoms with van der Waals surface area (Å²) in [5.41, 5.74) is 1.77. The van der Waals surface area contributed by atoms with E-state index in [4.69, 9.17) is 11.6 Å². The zero-order chi connectivity index (χ0) is 13.9. The van der Waals surface area contributed by atoms with Gasteiger partial charge in [0, 0.05) is 17.1 Å². The fraction of sp³-hybridized carbons (Fsp3) is 0.647. The first-order chi connectivity index (χ1) is 9.03. The summed E-state index contributed by atoms with van der Waals surface area (Å²) >= 11 is 5.98. The van der Waals surface area contributed by atoms with Crippen molar-refractivity contribution in [3.05, 3.63) is 34.9 Å². The molecule has 0 heterocycles. The van der Waals surface area contributed by atoms with Gasteiger partial charge >= 0.3 is 0 Å². The maximum atomic E-state index is 5.98. The summed E-state index contributed by atoms with van der Waals surface area (Å²) < 4.78 is 0. The molecular weight excluding hydrogens is 254 g/mol. The molecular formula is C17H26ClN. The van der Waals surface area contributed by atoms with Crippen LogP contribution < -0.4 is 5.32 Å². The third kappa shape index (κ3) is 3.73. The lowest BCUT2D eigenvalue weighted by Crippen LogP contribution is -2.45. The van der Waals surface area contributed by atoms with Crippen molar-refractivity contribution in [2.75, 3.05) is 0 Å². The van der Waals surface area contributed by atoms with Gasteiger partial charge in [0.15, 0.2) is 0 Å². The molecule has 19 heavy (non-hydrogen) atoms. The van der Waals surface area contributed by atoms with Crippen LogP contribution in [0.5, 0.6) is 0 Å². The predicted octanol–water partition coefficient (Wildman–Crippen LogP) is 5.35. The topological polar surface area (TPSA) is 12.0 Å². The number of nitrogens with one attached hydrogen (secondary N) is 1. The minimum atomic E-state index is 0.415. The Labute approximate surface area is 122 Å². The second kappa shape index (κ2) is 6.28. The Morgan fingerprint density at radius 3 is 2.53 bits per heavy atom. The van der Waals surface area contributed by atoms with Crippen molar-refractivity contribution in [2.24, 2.45) is 5.41 Å². The van der Waals surface area contributed by atoms with Crippen molar-refractivity contribution in [1.29, 1.82) is 0 Å². The first kappa shape index (κ1) is 14.9. The smallest absolute Gasteiger partial charge is 0.0406 e. The lowest BCUT2D eigenvalue weighted by atomic mass is 9.73. The molecule has 1 aliphatic rings. The fourth-order valence-corrected chi connectivity index (χ4v) is 3.32. The predicted molar refractivity (Wildman–Crippen MR) is 83.7 cm³/mol. The van der Waals surface area contributed by atoms with E-state index in [0.29, 0.717) is 17.5 Å². The zero-order valence-corrected chi connectivity index (χ0v) is 13.1. The highest BCUT2D eigenvalue weighted by Gasteiger charge is 2.33. The fourth-order valence-electron chi connectivity index (χ4n) is 3.19. The molecule has 2 atom stereocenters. The summed E-state index contributed by atoms with van der Waals surface area (Å²) in [4.78, 5) is 0. The Morgan fingerprint density at radius 2 is 1.95 bits per heavy atom. The maximum absolute atomic E-state index is 5.98. The molecule has 0 amide bonds. The molecule has 1 saturated carbocycles. The molecule has 0 bridgehead atoms. The van der Waals surface area contributed by atoms with E-state index in [2.05, 4.69) is 38.2 Å². The van der Waals surface area contributed by atoms with Crippen molar-refractivity contribution in [3.8, 4) is 0 Å². The van der Waals surface area contributed by atoms with Gasteiger partial charge in [-0.2, -0.15) is 0 Å². The van der Waals surface area contributed by atoms with E-state index in [1.807, 2.05) is 12.1 Å². The molecule has 1 fully saturated rings. The summed E-state index contributed by atoms with van der Waals surface area (Å²) in [5, 5.41) is 4.70. The van der Waals surface area contributed by atoms with Crippen LogP contribution in [0.2, 0.25) is 5.02 Å². The van der Waals surface area contributed by atoms with Crippen LogP contribution in [0.3, 0.4) is 0 Å². The van der Waals surface area contributed by atoms with E-state index >= 15 is 0 Å². The van der Waals surface area contributed by atoms with E-state index in [-0.39, 0.29) is 0 Å². The molecule has 0 spiro atoms. The van der Waals surface area contributed by atoms with Gasteiger partial charge in [0.05, 0.1) is 0 Å². The molecule has 0 radical (unpaired) electrons. The average molecular weight is 280 g/mol. The zero-order valence-electron chi connectivity index (χ0n) is 12.4. The quantitative estimate of drug-likeness (QED) is 0.783. The van der Waals surface area contributed by atoms with E-state index in [1.165, 1.54) is 31.2 Å². The Kier molecular flexibility index (Phi) is 4.92. The summed E-state index contributed by atoms with van der Waals surface area (Å²) in [6.45, 7) is 7.05. The minimum Gasteiger partial charge on any atom is -0.307 e. The molecule has 106 valence electrons. The third-order valence-electron chi connectivity index (χ3n) is 4.59. The molecule has 2 rings (SSSR count). The van der Waals surface area contributed by atoms with E-state index < -0.39 is 0 Å². The van der Waals surface area contributed by atoms with Crippen LogP contribution in [0.1, 0.15) is 64.5 Å². The van der Waals surface area contributed by atoms with Crippen LogP contribution in [-0.4, -0.2) is 6.04 Å². The monoisotopic (exact) mass is 279 g/mol. The number of rotatable bonds is 4. The van der Waals surface area contributed by atoms with Crippen molar-refractivity contribution >= 4 is 11.6 Å². The number of hydrogen-bond donors (Lipinski definition) is 1. The second-order valence-corrected chi connectivity index (χ2v) is 6.90. The van der Waals surface area contributed by atoms with Crippen molar-refractivity contribution in [3.63, 3.8) is 0 Å². The molecule has 2 unspecified atom stereocenters. The summed E-state index contributed by atoms with van der Waals surface area (Å²) in [5.74, 6) is 0. The van der Waals surface area contributed by atoms with Crippen molar-refractivity contribution in [1.82, 2.24) is 5.32 Å². The Balaban J connectivity index is 2.08. The van der Waals surface area contributed by atoms with E-state index in [9.17, 15) is 0 Å². The molecule has 1 aliphatic carbocycles. The molecule has 0 aromatic heterocycles. The Hall–Kier alpha value is -0.530. The molecule has 0 aliphatic heterocycles. The third-order valence-corrected chi connectivity index (χ3v) is 4.84. The SMILES string of the molecule is CCC(NC1CCCCC1(C)C)c1ccc(Cl)cc1. The van der Waals surface area contributed by atoms with Gasteiger partial charge in [-0.25, -0.2) is 0 Å². The van der Waals surface area contributed by atoms with Gasteiger partial charge in [0.1, 0.15) is 0 Å². The minimum absolute atomic E-state index is 0.415. The van der Waals surface area contributed by atoms with Crippen LogP contribution in [0.4, 0.5) is 0 Å². The lowest BCUT2D eigenvalue weighted by molar-refractivity contribution is 0.154. The standard InChI is InChI=1S/C17H26ClN/c1-4-15(13-8-10-14(18)11-9-13)19-16-7-5-6-12-17(16,2)3/h8-11,15-16,19H,4-7,12H2,1-3H3. The molecule has 1 aromatic carbocycles. The Morgan fingerprint density at radius 1 is 1.26 bits per heavy atom. The van der Waals surface area contributed by atoms with E-state index in [0.717, 1.165) is 11.4 Å². The highest BCUT2D eigenvalue weighted by molar-refractivity contribution is 6.30. The van der Waals surface area contributed by atoms with Crippen molar-refractivity contribution < 1.29 is 0 Å². The van der Waals surface area contributed by atoms with Crippen LogP contribution in [0.25, 0.3) is 0 Å². The summed E-state index contributed by atoms with van der Waals surface area (Å²) in [6.07, 6.45) is 6.49. The van der Waals surface area contributed by atoms with Gasteiger partial charge < -0.3 is 5.32 Å². The highest BCUT2D eigenvalue weighted by atomic mass is 35.5. The number of benzene rings is 1. The lowest BCUT2D eigenvalue weighted by Gasteiger charge is -2.41. The number of hydrogen-bond acceptors (Lipinski definition) is 1.